The lowest BCUT2D eigenvalue weighted by Gasteiger charge is -2.08. The molecule has 0 fully saturated rings. The minimum Gasteiger partial charge on any atom is -0.284 e. The molecule has 0 aliphatic carbocycles. The first-order valence-corrected chi connectivity index (χ1v) is 8.84. The van der Waals surface area contributed by atoms with Gasteiger partial charge in [0, 0.05) is 11.4 Å². The van der Waals surface area contributed by atoms with E-state index in [1.807, 2.05) is 0 Å². The van der Waals surface area contributed by atoms with Gasteiger partial charge in [-0.1, -0.05) is 6.92 Å². The van der Waals surface area contributed by atoms with Gasteiger partial charge in [0.1, 0.15) is 0 Å². The smallest absolute Gasteiger partial charge is 0.232 e. The molecule has 0 spiro atoms. The zero-order valence-corrected chi connectivity index (χ0v) is 11.8. The molecule has 0 unspecified atom stereocenters. The van der Waals surface area contributed by atoms with Crippen LogP contribution >= 0.6 is 0 Å². The van der Waals surface area contributed by atoms with Gasteiger partial charge in [0.15, 0.2) is 0 Å². The number of hydrogen-bond donors (Lipinski definition) is 2. The highest BCUT2D eigenvalue weighted by molar-refractivity contribution is 7.92. The standard InChI is InChI=1S/C10H16N2O4S2/c1-3-8-18(15,16)12-10-6-4-9(5-7-10)11-17(2,13)14/h4-7,11-12H,3,8H2,1-2H3. The first-order chi connectivity index (χ1) is 8.22. The Labute approximate surface area is 108 Å². The van der Waals surface area contributed by atoms with Crippen LogP contribution in [0.4, 0.5) is 11.4 Å². The number of rotatable bonds is 6. The molecule has 2 N–H and O–H groups in total. The lowest BCUT2D eigenvalue weighted by atomic mass is 10.3. The van der Waals surface area contributed by atoms with Crippen LogP contribution in [-0.4, -0.2) is 28.8 Å². The Hall–Kier alpha value is -1.28. The first kappa shape index (κ1) is 14.8. The highest BCUT2D eigenvalue weighted by atomic mass is 32.2. The third-order valence-corrected chi connectivity index (χ3v) is 4.03. The lowest BCUT2D eigenvalue weighted by Crippen LogP contribution is -2.16. The van der Waals surface area contributed by atoms with Crippen LogP contribution < -0.4 is 9.44 Å². The monoisotopic (exact) mass is 292 g/mol. The van der Waals surface area contributed by atoms with Gasteiger partial charge in [0.25, 0.3) is 0 Å². The molecule has 0 atom stereocenters. The molecule has 0 amide bonds. The van der Waals surface area contributed by atoms with Crippen molar-refractivity contribution >= 4 is 31.4 Å². The molecule has 0 saturated carbocycles. The van der Waals surface area contributed by atoms with Crippen molar-refractivity contribution in [2.75, 3.05) is 21.5 Å². The second-order valence-corrected chi connectivity index (χ2v) is 7.46. The van der Waals surface area contributed by atoms with E-state index in [4.69, 9.17) is 0 Å². The third kappa shape index (κ3) is 5.37. The molecule has 0 aliphatic rings. The largest absolute Gasteiger partial charge is 0.284 e. The summed E-state index contributed by atoms with van der Waals surface area (Å²) in [5, 5.41) is 0. The van der Waals surface area contributed by atoms with Crippen molar-refractivity contribution in [3.05, 3.63) is 24.3 Å². The van der Waals surface area contributed by atoms with Crippen molar-refractivity contribution in [2.45, 2.75) is 13.3 Å². The molecular weight excluding hydrogens is 276 g/mol. The topological polar surface area (TPSA) is 92.3 Å². The molecule has 0 aliphatic heterocycles. The molecule has 1 aromatic carbocycles. The minimum atomic E-state index is -3.32. The Balaban J connectivity index is 2.78. The molecule has 1 rings (SSSR count). The fraction of sp³-hybridized carbons (Fsp3) is 0.400. The van der Waals surface area contributed by atoms with Crippen LogP contribution in [0.15, 0.2) is 24.3 Å². The van der Waals surface area contributed by atoms with Crippen molar-refractivity contribution in [3.8, 4) is 0 Å². The second-order valence-electron chi connectivity index (χ2n) is 3.87. The van der Waals surface area contributed by atoms with Crippen LogP contribution in [0.2, 0.25) is 0 Å². The summed E-state index contributed by atoms with van der Waals surface area (Å²) in [5.41, 5.74) is 0.790. The number of hydrogen-bond acceptors (Lipinski definition) is 4. The first-order valence-electron chi connectivity index (χ1n) is 5.30. The van der Waals surface area contributed by atoms with E-state index < -0.39 is 20.0 Å². The number of sulfonamides is 2. The van der Waals surface area contributed by atoms with Crippen LogP contribution in [0.1, 0.15) is 13.3 Å². The predicted molar refractivity (Wildman–Crippen MR) is 72.6 cm³/mol. The fourth-order valence-corrected chi connectivity index (χ4v) is 3.02. The average molecular weight is 292 g/mol. The molecule has 18 heavy (non-hydrogen) atoms. The van der Waals surface area contributed by atoms with E-state index in [1.165, 1.54) is 24.3 Å². The molecule has 0 bridgehead atoms. The van der Waals surface area contributed by atoms with Gasteiger partial charge in [-0.25, -0.2) is 16.8 Å². The Bertz CT molecular complexity index is 591. The van der Waals surface area contributed by atoms with E-state index in [-0.39, 0.29) is 5.75 Å². The van der Waals surface area contributed by atoms with Crippen molar-refractivity contribution in [1.29, 1.82) is 0 Å². The summed E-state index contributed by atoms with van der Waals surface area (Å²) in [6, 6.07) is 5.98. The maximum atomic E-state index is 11.5. The van der Waals surface area contributed by atoms with Crippen molar-refractivity contribution in [2.24, 2.45) is 0 Å². The molecule has 0 aromatic heterocycles. The summed E-state index contributed by atoms with van der Waals surface area (Å²) in [4.78, 5) is 0. The summed E-state index contributed by atoms with van der Waals surface area (Å²) < 4.78 is 49.6. The molecule has 1 aromatic rings. The summed E-state index contributed by atoms with van der Waals surface area (Å²) in [6.07, 6.45) is 1.58. The van der Waals surface area contributed by atoms with Gasteiger partial charge in [0.05, 0.1) is 12.0 Å². The molecular formula is C10H16N2O4S2. The lowest BCUT2D eigenvalue weighted by molar-refractivity contribution is 0.599. The van der Waals surface area contributed by atoms with Gasteiger partial charge in [-0.15, -0.1) is 0 Å². The van der Waals surface area contributed by atoms with Gasteiger partial charge in [-0.05, 0) is 30.7 Å². The maximum absolute atomic E-state index is 11.5. The third-order valence-electron chi connectivity index (χ3n) is 1.93. The summed E-state index contributed by atoms with van der Waals surface area (Å²) in [6.45, 7) is 1.78. The summed E-state index contributed by atoms with van der Waals surface area (Å²) >= 11 is 0. The molecule has 0 radical (unpaired) electrons. The van der Waals surface area contributed by atoms with Gasteiger partial charge in [-0.3, -0.25) is 9.44 Å². The van der Waals surface area contributed by atoms with Crippen LogP contribution in [0, 0.1) is 0 Å². The van der Waals surface area contributed by atoms with Crippen LogP contribution in [0.5, 0.6) is 0 Å². The summed E-state index contributed by atoms with van der Waals surface area (Å²) in [7, 11) is -6.64. The van der Waals surface area contributed by atoms with E-state index in [1.54, 1.807) is 6.92 Å². The van der Waals surface area contributed by atoms with Crippen LogP contribution in [-0.2, 0) is 20.0 Å². The van der Waals surface area contributed by atoms with Crippen molar-refractivity contribution in [1.82, 2.24) is 0 Å². The van der Waals surface area contributed by atoms with Gasteiger partial charge in [-0.2, -0.15) is 0 Å². The quantitative estimate of drug-likeness (QED) is 0.824. The average Bonchev–Trinajstić information content (AvgIpc) is 2.18. The van der Waals surface area contributed by atoms with Gasteiger partial charge >= 0.3 is 0 Å². The van der Waals surface area contributed by atoms with Crippen LogP contribution in [0.3, 0.4) is 0 Å². The van der Waals surface area contributed by atoms with Gasteiger partial charge in [0.2, 0.25) is 20.0 Å². The van der Waals surface area contributed by atoms with E-state index in [0.29, 0.717) is 17.8 Å². The van der Waals surface area contributed by atoms with Gasteiger partial charge < -0.3 is 0 Å². The van der Waals surface area contributed by atoms with Crippen molar-refractivity contribution in [3.63, 3.8) is 0 Å². The van der Waals surface area contributed by atoms with Crippen LogP contribution in [0.25, 0.3) is 0 Å². The van der Waals surface area contributed by atoms with E-state index >= 15 is 0 Å². The normalized spacial score (nSPS) is 12.1. The van der Waals surface area contributed by atoms with Crippen molar-refractivity contribution < 1.29 is 16.8 Å². The molecule has 0 heterocycles. The zero-order chi connectivity index (χ0) is 13.8. The Morgan fingerprint density at radius 1 is 0.944 bits per heavy atom. The number of anilines is 2. The summed E-state index contributed by atoms with van der Waals surface area (Å²) in [5.74, 6) is 0.0519. The Kier molecular flexibility index (Phi) is 4.58. The van der Waals surface area contributed by atoms with E-state index in [9.17, 15) is 16.8 Å². The number of nitrogens with one attached hydrogen (secondary N) is 2. The predicted octanol–water partition coefficient (Wildman–Crippen LogP) is 1.21. The van der Waals surface area contributed by atoms with E-state index in [2.05, 4.69) is 9.44 Å². The van der Waals surface area contributed by atoms with E-state index in [0.717, 1.165) is 6.26 Å². The maximum Gasteiger partial charge on any atom is 0.232 e. The fourth-order valence-electron chi connectivity index (χ4n) is 1.32. The highest BCUT2D eigenvalue weighted by Crippen LogP contribution is 2.15. The molecule has 8 heteroatoms. The second kappa shape index (κ2) is 5.57. The Morgan fingerprint density at radius 2 is 1.39 bits per heavy atom. The zero-order valence-electron chi connectivity index (χ0n) is 10.2. The number of benzene rings is 1. The SMILES string of the molecule is CCCS(=O)(=O)Nc1ccc(NS(C)(=O)=O)cc1. The molecule has 102 valence electrons. The minimum absolute atomic E-state index is 0.0519. The molecule has 0 saturated heterocycles. The highest BCUT2D eigenvalue weighted by Gasteiger charge is 2.08. The molecule has 6 nitrogen and oxygen atoms in total. The Morgan fingerprint density at radius 3 is 1.78 bits per heavy atom.